The van der Waals surface area contributed by atoms with Crippen LogP contribution < -0.4 is 0 Å². The van der Waals surface area contributed by atoms with Crippen molar-refractivity contribution in [2.45, 2.75) is 45.1 Å². The Bertz CT molecular complexity index is 1900. The minimum absolute atomic E-state index is 0.452. The van der Waals surface area contributed by atoms with E-state index in [0.29, 0.717) is 6.04 Å². The van der Waals surface area contributed by atoms with Crippen molar-refractivity contribution in [1.29, 1.82) is 0 Å². The Hall–Kier alpha value is -4.55. The van der Waals surface area contributed by atoms with Crippen LogP contribution in [0.2, 0.25) is 0 Å². The summed E-state index contributed by atoms with van der Waals surface area (Å²) in [6.07, 6.45) is 15.9. The molecule has 0 bridgehead atoms. The second kappa shape index (κ2) is 9.64. The third-order valence-corrected chi connectivity index (χ3v) is 8.41. The first-order valence-electron chi connectivity index (χ1n) is 14.0. The van der Waals surface area contributed by atoms with Crippen LogP contribution in [0, 0.1) is 19.3 Å². The van der Waals surface area contributed by atoms with Crippen molar-refractivity contribution in [2.75, 3.05) is 0 Å². The van der Waals surface area contributed by atoms with Gasteiger partial charge in [-0.1, -0.05) is 91.9 Å². The maximum atomic E-state index is 5.69. The minimum Gasteiger partial charge on any atom is -0.336 e. The number of aryl methyl sites for hydroxylation is 1. The minimum atomic E-state index is 0.452. The van der Waals surface area contributed by atoms with Gasteiger partial charge in [-0.15, -0.1) is 6.42 Å². The molecule has 3 heterocycles. The molecule has 0 radical (unpaired) electrons. The highest BCUT2D eigenvalue weighted by Crippen LogP contribution is 2.43. The molecule has 7 rings (SSSR count). The monoisotopic (exact) mass is 505 g/mol. The second-order valence-electron chi connectivity index (χ2n) is 10.6. The Morgan fingerprint density at radius 1 is 0.795 bits per heavy atom. The summed E-state index contributed by atoms with van der Waals surface area (Å²) in [7, 11) is 0. The number of hydrogen-bond acceptors (Lipinski definition) is 1. The summed E-state index contributed by atoms with van der Waals surface area (Å²) in [5, 5.41) is 3.79. The Morgan fingerprint density at radius 2 is 1.56 bits per heavy atom. The zero-order chi connectivity index (χ0) is 26.3. The summed E-state index contributed by atoms with van der Waals surface area (Å²) in [6.45, 7) is 2.24. The lowest BCUT2D eigenvalue weighted by atomic mass is 9.95. The van der Waals surface area contributed by atoms with Gasteiger partial charge in [-0.25, -0.2) is 4.98 Å². The highest BCUT2D eigenvalue weighted by Gasteiger charge is 2.26. The number of aromatic nitrogens is 3. The number of benzene rings is 3. The lowest BCUT2D eigenvalue weighted by Gasteiger charge is -2.26. The molecular formula is C36H31N3. The van der Waals surface area contributed by atoms with E-state index in [4.69, 9.17) is 11.4 Å². The molecule has 0 atom stereocenters. The van der Waals surface area contributed by atoms with Gasteiger partial charge in [-0.3, -0.25) is 4.57 Å². The molecule has 0 aliphatic heterocycles. The lowest BCUT2D eigenvalue weighted by molar-refractivity contribution is 0.359. The van der Waals surface area contributed by atoms with Crippen molar-refractivity contribution in [3.8, 4) is 29.4 Å². The molecule has 6 aromatic rings. The van der Waals surface area contributed by atoms with E-state index in [0.717, 1.165) is 17.1 Å². The van der Waals surface area contributed by atoms with Crippen molar-refractivity contribution < 1.29 is 0 Å². The van der Waals surface area contributed by atoms with Crippen LogP contribution >= 0.6 is 0 Å². The van der Waals surface area contributed by atoms with Crippen LogP contribution in [0.15, 0.2) is 91.0 Å². The van der Waals surface area contributed by atoms with E-state index in [1.807, 2.05) is 12.1 Å². The van der Waals surface area contributed by atoms with Crippen LogP contribution in [0.1, 0.15) is 49.4 Å². The smallest absolute Gasteiger partial charge is 0.138 e. The quantitative estimate of drug-likeness (QED) is 0.219. The third kappa shape index (κ3) is 3.79. The maximum Gasteiger partial charge on any atom is 0.138 e. The number of fused-ring (bicyclic) bond motifs is 5. The predicted octanol–water partition coefficient (Wildman–Crippen LogP) is 9.26. The van der Waals surface area contributed by atoms with Crippen molar-refractivity contribution in [3.05, 3.63) is 102 Å². The molecule has 3 aromatic carbocycles. The van der Waals surface area contributed by atoms with Crippen molar-refractivity contribution >= 4 is 38.8 Å². The first kappa shape index (κ1) is 23.6. The molecule has 39 heavy (non-hydrogen) atoms. The van der Waals surface area contributed by atoms with E-state index in [9.17, 15) is 0 Å². The molecule has 1 fully saturated rings. The standard InChI is InChI=1S/C36H31N3/c1-3-4-20-32-25(2)28-23-24-30-29-18-11-12-21-33(29)39(36(30)35(28)38(32)27-16-9-6-10-17-27)34-22-13-19-31(37-34)26-14-7-5-8-15-26/h1,4-5,7-8,11-15,18-24,27H,6,9-10,16-17H2,2H3/b20-4-. The van der Waals surface area contributed by atoms with E-state index >= 15 is 0 Å². The van der Waals surface area contributed by atoms with Gasteiger partial charge < -0.3 is 4.57 Å². The zero-order valence-corrected chi connectivity index (χ0v) is 22.3. The number of rotatable bonds is 4. The largest absolute Gasteiger partial charge is 0.336 e. The van der Waals surface area contributed by atoms with Crippen LogP contribution in [0.4, 0.5) is 0 Å². The Kier molecular flexibility index (Phi) is 5.82. The van der Waals surface area contributed by atoms with Crippen LogP contribution in [0.3, 0.4) is 0 Å². The number of terminal acetylenes is 1. The highest BCUT2D eigenvalue weighted by atomic mass is 15.1. The zero-order valence-electron chi connectivity index (χ0n) is 22.3. The molecule has 3 aromatic heterocycles. The van der Waals surface area contributed by atoms with Crippen molar-refractivity contribution in [1.82, 2.24) is 14.1 Å². The number of allylic oxidation sites excluding steroid dienone is 1. The fourth-order valence-corrected chi connectivity index (χ4v) is 6.63. The van der Waals surface area contributed by atoms with E-state index in [1.165, 1.54) is 76.1 Å². The molecule has 0 N–H and O–H groups in total. The summed E-state index contributed by atoms with van der Waals surface area (Å²) in [4.78, 5) is 5.23. The Labute approximate surface area is 229 Å². The summed E-state index contributed by atoms with van der Waals surface area (Å²) < 4.78 is 4.99. The average Bonchev–Trinajstić information content (AvgIpc) is 3.49. The van der Waals surface area contributed by atoms with Crippen LogP contribution in [-0.4, -0.2) is 14.1 Å². The molecule has 190 valence electrons. The Morgan fingerprint density at radius 3 is 2.38 bits per heavy atom. The summed E-state index contributed by atoms with van der Waals surface area (Å²) in [6, 6.07) is 30.6. The van der Waals surface area contributed by atoms with Crippen molar-refractivity contribution in [2.24, 2.45) is 0 Å². The van der Waals surface area contributed by atoms with Crippen LogP contribution in [0.25, 0.3) is 55.9 Å². The van der Waals surface area contributed by atoms with Crippen LogP contribution in [0.5, 0.6) is 0 Å². The van der Waals surface area contributed by atoms with Gasteiger partial charge in [-0.2, -0.15) is 0 Å². The molecule has 0 unspecified atom stereocenters. The van der Waals surface area contributed by atoms with E-state index < -0.39 is 0 Å². The van der Waals surface area contributed by atoms with E-state index in [-0.39, 0.29) is 0 Å². The first-order chi connectivity index (χ1) is 19.3. The third-order valence-electron chi connectivity index (χ3n) is 8.41. The first-order valence-corrected chi connectivity index (χ1v) is 14.0. The van der Waals surface area contributed by atoms with E-state index in [1.54, 1.807) is 0 Å². The molecule has 0 spiro atoms. The SMILES string of the molecule is C#C/C=C\c1c(C)c2ccc3c4ccccc4n(-c4cccc(-c5ccccc5)n4)c3c2n1C1CCCCC1. The van der Waals surface area contributed by atoms with Gasteiger partial charge in [-0.05, 0) is 55.7 Å². The van der Waals surface area contributed by atoms with Gasteiger partial charge in [0.2, 0.25) is 0 Å². The topological polar surface area (TPSA) is 22.8 Å². The normalized spacial score (nSPS) is 14.6. The fraction of sp³-hybridized carbons (Fsp3) is 0.194. The summed E-state index contributed by atoms with van der Waals surface area (Å²) in [5.41, 5.74) is 8.29. The Balaban J connectivity index is 1.62. The molecule has 0 saturated heterocycles. The van der Waals surface area contributed by atoms with Gasteiger partial charge in [0.1, 0.15) is 5.82 Å². The number of pyridine rings is 1. The molecule has 3 nitrogen and oxygen atoms in total. The second-order valence-corrected chi connectivity index (χ2v) is 10.6. The summed E-state index contributed by atoms with van der Waals surface area (Å²) >= 11 is 0. The molecule has 0 amide bonds. The van der Waals surface area contributed by atoms with Crippen molar-refractivity contribution in [3.63, 3.8) is 0 Å². The molecular weight excluding hydrogens is 474 g/mol. The number of hydrogen-bond donors (Lipinski definition) is 0. The molecule has 1 aliphatic rings. The predicted molar refractivity (Wildman–Crippen MR) is 164 cm³/mol. The average molecular weight is 506 g/mol. The van der Waals surface area contributed by atoms with Gasteiger partial charge >= 0.3 is 0 Å². The molecule has 1 aliphatic carbocycles. The van der Waals surface area contributed by atoms with Gasteiger partial charge in [0, 0.05) is 33.5 Å². The van der Waals surface area contributed by atoms with E-state index in [2.05, 4.69) is 107 Å². The molecule has 1 saturated carbocycles. The van der Waals surface area contributed by atoms with Gasteiger partial charge in [0.25, 0.3) is 0 Å². The maximum absolute atomic E-state index is 5.69. The lowest BCUT2D eigenvalue weighted by Crippen LogP contribution is -2.14. The number of para-hydroxylation sites is 1. The summed E-state index contributed by atoms with van der Waals surface area (Å²) in [5.74, 6) is 3.66. The van der Waals surface area contributed by atoms with Crippen LogP contribution in [-0.2, 0) is 0 Å². The van der Waals surface area contributed by atoms with Gasteiger partial charge in [0.15, 0.2) is 0 Å². The molecule has 3 heteroatoms. The highest BCUT2D eigenvalue weighted by molar-refractivity contribution is 6.18. The number of nitrogens with zero attached hydrogens (tertiary/aromatic N) is 3. The fourth-order valence-electron chi connectivity index (χ4n) is 6.63. The van der Waals surface area contributed by atoms with Gasteiger partial charge in [0.05, 0.1) is 22.2 Å².